The lowest BCUT2D eigenvalue weighted by molar-refractivity contribution is 0.315. The van der Waals surface area contributed by atoms with Crippen LogP contribution in [0.2, 0.25) is 19.6 Å². The molecule has 1 aliphatic heterocycles. The summed E-state index contributed by atoms with van der Waals surface area (Å²) in [5, 5.41) is 10.8. The highest BCUT2D eigenvalue weighted by Gasteiger charge is 2.24. The maximum Gasteiger partial charge on any atom is 0.186 e. The van der Waals surface area contributed by atoms with Crippen LogP contribution < -0.4 is 4.90 Å². The molecule has 4 nitrogen and oxygen atoms in total. The van der Waals surface area contributed by atoms with E-state index in [9.17, 15) is 5.11 Å². The summed E-state index contributed by atoms with van der Waals surface area (Å²) in [6, 6.07) is 11.5. The van der Waals surface area contributed by atoms with E-state index in [1.54, 1.807) is 6.07 Å². The highest BCUT2D eigenvalue weighted by Crippen LogP contribution is 2.33. The first-order valence-electron chi connectivity index (χ1n) is 8.40. The highest BCUT2D eigenvalue weighted by molar-refractivity contribution is 6.69. The number of pyridine rings is 1. The molecule has 1 N–H and O–H groups in total. The third-order valence-electron chi connectivity index (χ3n) is 3.66. The lowest BCUT2D eigenvalue weighted by Crippen LogP contribution is -2.35. The van der Waals surface area contributed by atoms with Gasteiger partial charge in [0.05, 0.1) is 18.4 Å². The van der Waals surface area contributed by atoms with Crippen LogP contribution in [0.4, 0.5) is 5.69 Å². The van der Waals surface area contributed by atoms with E-state index in [0.29, 0.717) is 18.5 Å². The second kappa shape index (κ2) is 6.63. The molecule has 2 aromatic rings. The summed E-state index contributed by atoms with van der Waals surface area (Å²) in [5.41, 5.74) is 2.91. The second-order valence-electron chi connectivity index (χ2n) is 6.59. The molecule has 0 saturated carbocycles. The van der Waals surface area contributed by atoms with Crippen molar-refractivity contribution in [2.75, 3.05) is 11.6 Å². The van der Waals surface area contributed by atoms with Crippen molar-refractivity contribution in [2.45, 2.75) is 19.6 Å². The predicted molar refractivity (Wildman–Crippen MR) is 101 cm³/mol. The Kier molecular flexibility index (Phi) is 4.19. The van der Waals surface area contributed by atoms with Gasteiger partial charge < -0.3 is 14.4 Å². The zero-order valence-corrected chi connectivity index (χ0v) is 15.2. The molecule has 0 bridgehead atoms. The van der Waals surface area contributed by atoms with Gasteiger partial charge in [-0.3, -0.25) is 4.98 Å². The number of fused-ring (bicyclic) bond motifs is 1. The van der Waals surface area contributed by atoms with Crippen molar-refractivity contribution in [3.8, 4) is 0 Å². The Morgan fingerprint density at radius 1 is 1.21 bits per heavy atom. The summed E-state index contributed by atoms with van der Waals surface area (Å²) >= 11 is 0. The van der Waals surface area contributed by atoms with Crippen molar-refractivity contribution >= 4 is 25.8 Å². The van der Waals surface area contributed by atoms with E-state index >= 15 is 0 Å². The minimum absolute atomic E-state index is 0.178. The molecule has 0 unspecified atom stereocenters. The Labute approximate surface area is 145 Å². The average Bonchev–Trinajstić information content (AvgIpc) is 2.59. The topological polar surface area (TPSA) is 45.6 Å². The number of hydrogen-bond acceptors (Lipinski definition) is 4. The van der Waals surface area contributed by atoms with Crippen LogP contribution >= 0.6 is 0 Å². The zero-order valence-electron chi connectivity index (χ0n) is 15.2. The normalized spacial score (nSPS) is 16.6. The molecule has 0 radical (unpaired) electrons. The third kappa shape index (κ3) is 3.58. The SMILES string of the molecule is [2H]c1cnc2c(c1)N(CO[Si](C)(C)C)C(=C(O)c1ccccc1)C=C2. The number of hydrogen-bond donors (Lipinski definition) is 1. The van der Waals surface area contributed by atoms with Crippen molar-refractivity contribution in [3.05, 3.63) is 71.7 Å². The Morgan fingerprint density at radius 3 is 2.67 bits per heavy atom. The zero-order chi connectivity index (χ0) is 18.0. The average molecular weight is 339 g/mol. The Hall–Kier alpha value is -2.37. The van der Waals surface area contributed by atoms with E-state index in [4.69, 9.17) is 5.80 Å². The van der Waals surface area contributed by atoms with Gasteiger partial charge in [-0.05, 0) is 43.9 Å². The maximum atomic E-state index is 10.8. The van der Waals surface area contributed by atoms with Gasteiger partial charge in [0.15, 0.2) is 8.32 Å². The monoisotopic (exact) mass is 339 g/mol. The van der Waals surface area contributed by atoms with Crippen molar-refractivity contribution in [1.29, 1.82) is 0 Å². The molecule has 0 saturated heterocycles. The van der Waals surface area contributed by atoms with Crippen LogP contribution in [-0.2, 0) is 4.43 Å². The lowest BCUT2D eigenvalue weighted by Gasteiger charge is -2.32. The number of anilines is 1. The smallest absolute Gasteiger partial charge is 0.186 e. The molecule has 1 aromatic carbocycles. The Bertz CT molecular complexity index is 829. The van der Waals surface area contributed by atoms with Gasteiger partial charge in [0.1, 0.15) is 12.5 Å². The summed E-state index contributed by atoms with van der Waals surface area (Å²) in [7, 11) is -1.76. The van der Waals surface area contributed by atoms with E-state index in [0.717, 1.165) is 16.9 Å². The highest BCUT2D eigenvalue weighted by atomic mass is 28.4. The molecule has 0 aliphatic carbocycles. The number of rotatable bonds is 4. The summed E-state index contributed by atoms with van der Waals surface area (Å²) in [4.78, 5) is 6.21. The van der Waals surface area contributed by atoms with Crippen molar-refractivity contribution < 1.29 is 10.9 Å². The summed E-state index contributed by atoms with van der Waals surface area (Å²) in [6.07, 6.45) is 5.22. The number of benzene rings is 1. The molecule has 3 rings (SSSR count). The van der Waals surface area contributed by atoms with Gasteiger partial charge in [0, 0.05) is 11.8 Å². The molecule has 24 heavy (non-hydrogen) atoms. The van der Waals surface area contributed by atoms with Gasteiger partial charge in [0.25, 0.3) is 0 Å². The molecular formula is C19H22N2O2Si. The largest absolute Gasteiger partial charge is 0.505 e. The fourth-order valence-electron chi connectivity index (χ4n) is 2.43. The second-order valence-corrected chi connectivity index (χ2v) is 11.1. The van der Waals surface area contributed by atoms with Crippen molar-refractivity contribution in [2.24, 2.45) is 0 Å². The van der Waals surface area contributed by atoms with E-state index < -0.39 is 8.32 Å². The van der Waals surface area contributed by atoms with Gasteiger partial charge in [-0.2, -0.15) is 0 Å². The number of aliphatic hydroxyl groups excluding tert-OH is 1. The maximum absolute atomic E-state index is 10.8. The fourth-order valence-corrected chi connectivity index (χ4v) is 2.95. The third-order valence-corrected chi connectivity index (χ3v) is 4.65. The molecule has 1 aromatic heterocycles. The molecule has 5 heteroatoms. The number of nitrogens with zero attached hydrogens (tertiary/aromatic N) is 2. The molecule has 1 aliphatic rings. The molecule has 0 amide bonds. The van der Waals surface area contributed by atoms with E-state index in [1.165, 1.54) is 6.20 Å². The van der Waals surface area contributed by atoms with Gasteiger partial charge in [-0.15, -0.1) is 0 Å². The van der Waals surface area contributed by atoms with Gasteiger partial charge in [0.2, 0.25) is 0 Å². The quantitative estimate of drug-likeness (QED) is 0.650. The van der Waals surface area contributed by atoms with Crippen LogP contribution in [0.3, 0.4) is 0 Å². The minimum Gasteiger partial charge on any atom is -0.505 e. The molecule has 2 heterocycles. The number of aromatic nitrogens is 1. The van der Waals surface area contributed by atoms with Gasteiger partial charge in [-0.1, -0.05) is 30.3 Å². The first-order chi connectivity index (χ1) is 11.8. The van der Waals surface area contributed by atoms with Crippen LogP contribution in [0, 0.1) is 0 Å². The van der Waals surface area contributed by atoms with Crippen LogP contribution in [0.15, 0.2) is 60.4 Å². The number of allylic oxidation sites excluding steroid dienone is 1. The molecular weight excluding hydrogens is 316 g/mol. The summed E-state index contributed by atoms with van der Waals surface area (Å²) in [6.45, 7) is 6.66. The molecule has 0 spiro atoms. The van der Waals surface area contributed by atoms with Gasteiger partial charge >= 0.3 is 0 Å². The summed E-state index contributed by atoms with van der Waals surface area (Å²) < 4.78 is 14.0. The standard InChI is InChI=1S/C19H22N2O2Si/c1-24(2,3)23-14-21-17-10-7-13-20-16(17)11-12-18(21)19(22)15-8-5-4-6-9-15/h4-13,22H,14H2,1-3H3/i7D. The molecule has 0 fully saturated rings. The van der Waals surface area contributed by atoms with Crippen LogP contribution in [0.25, 0.3) is 11.8 Å². The minimum atomic E-state index is -1.76. The lowest BCUT2D eigenvalue weighted by atomic mass is 10.1. The van der Waals surface area contributed by atoms with Crippen LogP contribution in [0.1, 0.15) is 12.6 Å². The fraction of sp³-hybridized carbons (Fsp3) is 0.211. The van der Waals surface area contributed by atoms with Crippen molar-refractivity contribution in [1.82, 2.24) is 4.98 Å². The number of aliphatic hydroxyl groups is 1. The van der Waals surface area contributed by atoms with Crippen molar-refractivity contribution in [3.63, 3.8) is 0 Å². The first kappa shape index (κ1) is 15.2. The van der Waals surface area contributed by atoms with Crippen LogP contribution in [-0.4, -0.2) is 25.1 Å². The van der Waals surface area contributed by atoms with Gasteiger partial charge in [-0.25, -0.2) is 0 Å². The predicted octanol–water partition coefficient (Wildman–Crippen LogP) is 4.65. The van der Waals surface area contributed by atoms with Crippen LogP contribution in [0.5, 0.6) is 0 Å². The molecule has 124 valence electrons. The van der Waals surface area contributed by atoms with E-state index in [1.807, 2.05) is 47.4 Å². The summed E-state index contributed by atoms with van der Waals surface area (Å²) in [5.74, 6) is 0.178. The first-order valence-corrected chi connectivity index (χ1v) is 11.3. The Balaban J connectivity index is 2.08. The van der Waals surface area contributed by atoms with E-state index in [-0.39, 0.29) is 5.76 Å². The molecule has 0 atom stereocenters. The van der Waals surface area contributed by atoms with E-state index in [2.05, 4.69) is 24.6 Å². The Morgan fingerprint density at radius 2 is 1.96 bits per heavy atom.